The Kier molecular flexibility index (Phi) is 6.45. The largest absolute Gasteiger partial charge is 0.496 e. The second-order valence-corrected chi connectivity index (χ2v) is 6.75. The van der Waals surface area contributed by atoms with Crippen molar-refractivity contribution in [2.24, 2.45) is 0 Å². The SMILES string of the molecule is CCN(C[C@H]1CCCCO1)C(=O)c1ccc(-c2cc(F)ccc2OC)cc1. The topological polar surface area (TPSA) is 38.8 Å². The van der Waals surface area contributed by atoms with Crippen LogP contribution in [0.25, 0.3) is 11.1 Å². The third kappa shape index (κ3) is 4.66. The number of hydrogen-bond donors (Lipinski definition) is 0. The van der Waals surface area contributed by atoms with E-state index in [0.29, 0.717) is 30.0 Å². The second-order valence-electron chi connectivity index (χ2n) is 6.75. The summed E-state index contributed by atoms with van der Waals surface area (Å²) in [5, 5.41) is 0. The number of benzene rings is 2. The lowest BCUT2D eigenvalue weighted by Crippen LogP contribution is -2.39. The highest BCUT2D eigenvalue weighted by Crippen LogP contribution is 2.31. The van der Waals surface area contributed by atoms with Crippen molar-refractivity contribution < 1.29 is 18.7 Å². The van der Waals surface area contributed by atoms with Gasteiger partial charge in [-0.3, -0.25) is 4.79 Å². The van der Waals surface area contributed by atoms with Crippen LogP contribution in [0.4, 0.5) is 4.39 Å². The first-order chi connectivity index (χ1) is 13.1. The van der Waals surface area contributed by atoms with E-state index in [2.05, 4.69) is 0 Å². The molecule has 0 N–H and O–H groups in total. The van der Waals surface area contributed by atoms with Gasteiger partial charge >= 0.3 is 0 Å². The van der Waals surface area contributed by atoms with Crippen LogP contribution in [0.1, 0.15) is 36.5 Å². The number of rotatable bonds is 6. The average molecular weight is 371 g/mol. The minimum atomic E-state index is -0.324. The van der Waals surface area contributed by atoms with Crippen LogP contribution in [0.2, 0.25) is 0 Å². The molecule has 1 heterocycles. The minimum absolute atomic E-state index is 0.00979. The molecule has 1 fully saturated rings. The summed E-state index contributed by atoms with van der Waals surface area (Å²) in [7, 11) is 1.56. The number of methoxy groups -OCH3 is 1. The van der Waals surface area contributed by atoms with Crippen LogP contribution < -0.4 is 4.74 Å². The molecule has 1 atom stereocenters. The van der Waals surface area contributed by atoms with E-state index in [0.717, 1.165) is 31.4 Å². The number of ether oxygens (including phenoxy) is 2. The second kappa shape index (κ2) is 9.00. The van der Waals surface area contributed by atoms with E-state index in [-0.39, 0.29) is 17.8 Å². The Labute approximate surface area is 159 Å². The first kappa shape index (κ1) is 19.4. The fourth-order valence-electron chi connectivity index (χ4n) is 3.43. The van der Waals surface area contributed by atoms with Crippen molar-refractivity contribution in [3.8, 4) is 16.9 Å². The van der Waals surface area contributed by atoms with Gasteiger partial charge in [-0.15, -0.1) is 0 Å². The molecular weight excluding hydrogens is 345 g/mol. The predicted molar refractivity (Wildman–Crippen MR) is 104 cm³/mol. The zero-order chi connectivity index (χ0) is 19.2. The molecular formula is C22H26FNO3. The lowest BCUT2D eigenvalue weighted by atomic mass is 10.0. The Balaban J connectivity index is 1.75. The van der Waals surface area contributed by atoms with Gasteiger partial charge in [0.2, 0.25) is 0 Å². The maximum atomic E-state index is 13.6. The quantitative estimate of drug-likeness (QED) is 0.749. The molecule has 0 bridgehead atoms. The molecule has 4 nitrogen and oxygen atoms in total. The van der Waals surface area contributed by atoms with Crippen molar-refractivity contribution >= 4 is 5.91 Å². The molecule has 0 spiro atoms. The summed E-state index contributed by atoms with van der Waals surface area (Å²) in [4.78, 5) is 14.7. The van der Waals surface area contributed by atoms with Crippen molar-refractivity contribution in [2.45, 2.75) is 32.3 Å². The normalized spacial score (nSPS) is 16.8. The number of hydrogen-bond acceptors (Lipinski definition) is 3. The number of nitrogens with zero attached hydrogens (tertiary/aromatic N) is 1. The first-order valence-electron chi connectivity index (χ1n) is 9.47. The van der Waals surface area contributed by atoms with Gasteiger partial charge in [0.25, 0.3) is 5.91 Å². The molecule has 2 aromatic rings. The average Bonchev–Trinajstić information content (AvgIpc) is 2.72. The monoisotopic (exact) mass is 371 g/mol. The number of amides is 1. The number of carbonyl (C=O) groups is 1. The maximum Gasteiger partial charge on any atom is 0.253 e. The van der Waals surface area contributed by atoms with Crippen LogP contribution in [0, 0.1) is 5.82 Å². The molecule has 1 amide bonds. The van der Waals surface area contributed by atoms with E-state index >= 15 is 0 Å². The summed E-state index contributed by atoms with van der Waals surface area (Å²) in [6.45, 7) is 4.01. The summed E-state index contributed by atoms with van der Waals surface area (Å²) < 4.78 is 24.7. The zero-order valence-corrected chi connectivity index (χ0v) is 15.9. The van der Waals surface area contributed by atoms with Crippen LogP contribution >= 0.6 is 0 Å². The molecule has 144 valence electrons. The van der Waals surface area contributed by atoms with E-state index in [4.69, 9.17) is 9.47 Å². The molecule has 2 aromatic carbocycles. The molecule has 27 heavy (non-hydrogen) atoms. The van der Waals surface area contributed by atoms with Crippen LogP contribution in [0.5, 0.6) is 5.75 Å². The lowest BCUT2D eigenvalue weighted by Gasteiger charge is -2.29. The summed E-state index contributed by atoms with van der Waals surface area (Å²) in [6, 6.07) is 11.6. The van der Waals surface area contributed by atoms with E-state index in [1.54, 1.807) is 25.3 Å². The van der Waals surface area contributed by atoms with E-state index in [9.17, 15) is 9.18 Å². The van der Waals surface area contributed by atoms with Crippen LogP contribution in [0.3, 0.4) is 0 Å². The number of likely N-dealkylation sites (N-methyl/N-ethyl adjacent to an activating group) is 1. The highest BCUT2D eigenvalue weighted by molar-refractivity contribution is 5.94. The highest BCUT2D eigenvalue weighted by Gasteiger charge is 2.21. The van der Waals surface area contributed by atoms with Gasteiger partial charge in [-0.05, 0) is 62.1 Å². The summed E-state index contributed by atoms with van der Waals surface area (Å²) in [6.07, 6.45) is 3.38. The fraction of sp³-hybridized carbons (Fsp3) is 0.409. The molecule has 0 saturated carbocycles. The smallest absolute Gasteiger partial charge is 0.253 e. The Morgan fingerprint density at radius 1 is 1.22 bits per heavy atom. The number of halogens is 1. The van der Waals surface area contributed by atoms with Gasteiger partial charge in [0.05, 0.1) is 13.2 Å². The fourth-order valence-corrected chi connectivity index (χ4v) is 3.43. The van der Waals surface area contributed by atoms with Crippen molar-refractivity contribution in [1.82, 2.24) is 4.90 Å². The van der Waals surface area contributed by atoms with E-state index < -0.39 is 0 Å². The molecule has 0 aliphatic carbocycles. The van der Waals surface area contributed by atoms with Gasteiger partial charge in [0.15, 0.2) is 0 Å². The van der Waals surface area contributed by atoms with E-state index in [1.165, 1.54) is 12.1 Å². The summed E-state index contributed by atoms with van der Waals surface area (Å²) in [5.41, 5.74) is 2.09. The third-order valence-corrected chi connectivity index (χ3v) is 4.97. The van der Waals surface area contributed by atoms with Gasteiger partial charge < -0.3 is 14.4 Å². The minimum Gasteiger partial charge on any atom is -0.496 e. The maximum absolute atomic E-state index is 13.6. The van der Waals surface area contributed by atoms with Gasteiger partial charge in [-0.2, -0.15) is 0 Å². The van der Waals surface area contributed by atoms with Crippen molar-refractivity contribution in [3.05, 3.63) is 53.8 Å². The molecule has 1 aliphatic heterocycles. The Hall–Kier alpha value is -2.40. The third-order valence-electron chi connectivity index (χ3n) is 4.97. The summed E-state index contributed by atoms with van der Waals surface area (Å²) in [5.74, 6) is 0.264. The van der Waals surface area contributed by atoms with Gasteiger partial charge in [-0.1, -0.05) is 12.1 Å². The van der Waals surface area contributed by atoms with Gasteiger partial charge in [0, 0.05) is 30.8 Å². The Morgan fingerprint density at radius 3 is 2.63 bits per heavy atom. The summed E-state index contributed by atoms with van der Waals surface area (Å²) >= 11 is 0. The standard InChI is InChI=1S/C22H26FNO3/c1-3-24(15-19-6-4-5-13-27-19)22(25)17-9-7-16(8-10-17)20-14-18(23)11-12-21(20)26-2/h7-12,14,19H,3-6,13,15H2,1-2H3/t19-/m1/s1. The number of carbonyl (C=O) groups excluding carboxylic acids is 1. The highest BCUT2D eigenvalue weighted by atomic mass is 19.1. The van der Waals surface area contributed by atoms with E-state index in [1.807, 2.05) is 24.0 Å². The lowest BCUT2D eigenvalue weighted by molar-refractivity contribution is -0.00311. The zero-order valence-electron chi connectivity index (χ0n) is 15.9. The molecule has 5 heteroatoms. The van der Waals surface area contributed by atoms with Crippen LogP contribution in [-0.2, 0) is 4.74 Å². The van der Waals surface area contributed by atoms with Crippen molar-refractivity contribution in [3.63, 3.8) is 0 Å². The van der Waals surface area contributed by atoms with Gasteiger partial charge in [0.1, 0.15) is 11.6 Å². The van der Waals surface area contributed by atoms with Crippen LogP contribution in [-0.4, -0.2) is 43.7 Å². The molecule has 0 aromatic heterocycles. The molecule has 3 rings (SSSR count). The molecule has 1 aliphatic rings. The first-order valence-corrected chi connectivity index (χ1v) is 9.47. The van der Waals surface area contributed by atoms with Crippen molar-refractivity contribution in [1.29, 1.82) is 0 Å². The molecule has 1 saturated heterocycles. The van der Waals surface area contributed by atoms with Crippen LogP contribution in [0.15, 0.2) is 42.5 Å². The Bertz CT molecular complexity index is 770. The molecule has 0 unspecified atom stereocenters. The predicted octanol–water partition coefficient (Wildman–Crippen LogP) is 4.53. The molecule has 0 radical (unpaired) electrons. The van der Waals surface area contributed by atoms with Crippen molar-refractivity contribution in [2.75, 3.05) is 26.8 Å². The Morgan fingerprint density at radius 2 is 2.00 bits per heavy atom. The van der Waals surface area contributed by atoms with Gasteiger partial charge in [-0.25, -0.2) is 4.39 Å².